The smallest absolute Gasteiger partial charge is 0.0683 e. The number of aliphatic carboxylic acids is 1. The predicted octanol–water partition coefficient (Wildman–Crippen LogP) is 1.56. The average molecular weight is 240 g/mol. The molecule has 1 aromatic rings. The van der Waals surface area contributed by atoms with Gasteiger partial charge in [0, 0.05) is 4.48 Å². The van der Waals surface area contributed by atoms with Gasteiger partial charge in [0.2, 0.25) is 0 Å². The molecule has 0 radical (unpaired) electrons. The Bertz CT molecular complexity index is 341. The van der Waals surface area contributed by atoms with Crippen molar-refractivity contribution in [3.8, 4) is 0 Å². The average Bonchev–Trinajstić information content (AvgIpc) is 2.17. The largest absolute Gasteiger partial charge is 0.545 e. The maximum absolute atomic E-state index is 10.5. The molecule has 0 aliphatic carbocycles. The first-order chi connectivity index (χ1) is 6.13. The third-order valence-electron chi connectivity index (χ3n) is 1.66. The topological polar surface area (TPSA) is 40.1 Å². The SMILES string of the molecule is C/C(C(=O)[O-])=C(\Br)c1ccccc1. The van der Waals surface area contributed by atoms with Gasteiger partial charge < -0.3 is 9.90 Å². The van der Waals surface area contributed by atoms with E-state index in [1.165, 1.54) is 6.92 Å². The molecule has 0 fully saturated rings. The molecule has 0 aliphatic heterocycles. The second kappa shape index (κ2) is 4.23. The summed E-state index contributed by atoms with van der Waals surface area (Å²) >= 11 is 3.21. The monoisotopic (exact) mass is 239 g/mol. The van der Waals surface area contributed by atoms with Crippen molar-refractivity contribution in [2.24, 2.45) is 0 Å². The van der Waals surface area contributed by atoms with Gasteiger partial charge in [0.1, 0.15) is 0 Å². The van der Waals surface area contributed by atoms with Crippen LogP contribution in [0, 0.1) is 0 Å². The molecule has 0 saturated carbocycles. The number of carboxylic acids is 1. The second-order valence-electron chi connectivity index (χ2n) is 2.59. The lowest BCUT2D eigenvalue weighted by molar-refractivity contribution is -0.299. The summed E-state index contributed by atoms with van der Waals surface area (Å²) in [6.45, 7) is 1.51. The number of benzene rings is 1. The number of rotatable bonds is 2. The molecule has 0 heterocycles. The zero-order valence-corrected chi connectivity index (χ0v) is 8.67. The summed E-state index contributed by atoms with van der Waals surface area (Å²) in [5.74, 6) is -1.16. The molecule has 0 N–H and O–H groups in total. The van der Waals surface area contributed by atoms with Crippen LogP contribution in [-0.4, -0.2) is 5.97 Å². The van der Waals surface area contributed by atoms with Gasteiger partial charge in [-0.1, -0.05) is 30.3 Å². The van der Waals surface area contributed by atoms with Gasteiger partial charge in [0.25, 0.3) is 0 Å². The summed E-state index contributed by atoms with van der Waals surface area (Å²) in [6, 6.07) is 9.23. The van der Waals surface area contributed by atoms with Gasteiger partial charge in [-0.25, -0.2) is 0 Å². The summed E-state index contributed by atoms with van der Waals surface area (Å²) in [5, 5.41) is 10.5. The van der Waals surface area contributed by atoms with E-state index in [2.05, 4.69) is 15.9 Å². The van der Waals surface area contributed by atoms with Crippen LogP contribution in [0.5, 0.6) is 0 Å². The van der Waals surface area contributed by atoms with Crippen molar-refractivity contribution in [2.75, 3.05) is 0 Å². The van der Waals surface area contributed by atoms with Gasteiger partial charge in [-0.05, 0) is 34.0 Å². The normalized spacial score (nSPS) is 12.2. The number of halogens is 1. The molecule has 3 heteroatoms. The van der Waals surface area contributed by atoms with Crippen LogP contribution < -0.4 is 5.11 Å². The van der Waals surface area contributed by atoms with Crippen molar-refractivity contribution in [1.29, 1.82) is 0 Å². The zero-order valence-electron chi connectivity index (χ0n) is 7.08. The molecule has 0 aromatic heterocycles. The second-order valence-corrected chi connectivity index (χ2v) is 3.39. The van der Waals surface area contributed by atoms with E-state index >= 15 is 0 Å². The predicted molar refractivity (Wildman–Crippen MR) is 53.0 cm³/mol. The molecule has 0 atom stereocenters. The van der Waals surface area contributed by atoms with Gasteiger partial charge >= 0.3 is 0 Å². The first-order valence-corrected chi connectivity index (χ1v) is 4.55. The fourth-order valence-corrected chi connectivity index (χ4v) is 1.32. The van der Waals surface area contributed by atoms with E-state index in [1.54, 1.807) is 0 Å². The molecule has 0 amide bonds. The Balaban J connectivity index is 3.11. The van der Waals surface area contributed by atoms with Crippen LogP contribution in [0.25, 0.3) is 4.48 Å². The standard InChI is InChI=1S/C10H9BrO2/c1-7(10(12)13)9(11)8-5-3-2-4-6-8/h2-6H,1H3,(H,12,13)/p-1/b9-7+. The molecule has 68 valence electrons. The van der Waals surface area contributed by atoms with Gasteiger partial charge in [-0.3, -0.25) is 0 Å². The van der Waals surface area contributed by atoms with Crippen molar-refractivity contribution in [1.82, 2.24) is 0 Å². The first-order valence-electron chi connectivity index (χ1n) is 3.76. The lowest BCUT2D eigenvalue weighted by atomic mass is 10.1. The van der Waals surface area contributed by atoms with Gasteiger partial charge in [0.05, 0.1) is 5.97 Å². The third-order valence-corrected chi connectivity index (χ3v) is 2.72. The fraction of sp³-hybridized carbons (Fsp3) is 0.100. The molecule has 2 nitrogen and oxygen atoms in total. The van der Waals surface area contributed by atoms with E-state index in [-0.39, 0.29) is 5.57 Å². The first kappa shape index (κ1) is 9.99. The number of carboxylic acid groups (broad SMARTS) is 1. The van der Waals surface area contributed by atoms with Gasteiger partial charge in [-0.15, -0.1) is 0 Å². The highest BCUT2D eigenvalue weighted by Crippen LogP contribution is 2.24. The summed E-state index contributed by atoms with van der Waals surface area (Å²) in [6.07, 6.45) is 0. The van der Waals surface area contributed by atoms with E-state index in [0.29, 0.717) is 4.48 Å². The van der Waals surface area contributed by atoms with E-state index in [9.17, 15) is 9.90 Å². The Morgan fingerprint density at radius 3 is 2.31 bits per heavy atom. The molecule has 0 bridgehead atoms. The molecule has 0 aliphatic rings. The Kier molecular flexibility index (Phi) is 3.25. The third kappa shape index (κ3) is 2.42. The number of hydrogen-bond acceptors (Lipinski definition) is 2. The highest BCUT2D eigenvalue weighted by atomic mass is 79.9. The van der Waals surface area contributed by atoms with Crippen LogP contribution in [-0.2, 0) is 4.79 Å². The van der Waals surface area contributed by atoms with Gasteiger partial charge in [-0.2, -0.15) is 0 Å². The van der Waals surface area contributed by atoms with Crippen LogP contribution in [0.1, 0.15) is 12.5 Å². The minimum absolute atomic E-state index is 0.200. The van der Waals surface area contributed by atoms with Crippen molar-refractivity contribution in [2.45, 2.75) is 6.92 Å². The maximum Gasteiger partial charge on any atom is 0.0683 e. The minimum Gasteiger partial charge on any atom is -0.545 e. The molecule has 0 saturated heterocycles. The molecular formula is C10H8BrO2-. The van der Waals surface area contributed by atoms with E-state index in [4.69, 9.17) is 0 Å². The number of carbonyl (C=O) groups is 1. The minimum atomic E-state index is -1.16. The van der Waals surface area contributed by atoms with Crippen LogP contribution in [0.15, 0.2) is 35.9 Å². The van der Waals surface area contributed by atoms with Crippen molar-refractivity contribution >= 4 is 26.4 Å². The number of carbonyl (C=O) groups excluding carboxylic acids is 1. The van der Waals surface area contributed by atoms with Crippen molar-refractivity contribution < 1.29 is 9.90 Å². The summed E-state index contributed by atoms with van der Waals surface area (Å²) < 4.78 is 0.563. The van der Waals surface area contributed by atoms with E-state index < -0.39 is 5.97 Å². The lowest BCUT2D eigenvalue weighted by Crippen LogP contribution is -2.23. The Hall–Kier alpha value is -1.09. The summed E-state index contributed by atoms with van der Waals surface area (Å²) in [7, 11) is 0. The van der Waals surface area contributed by atoms with Gasteiger partial charge in [0.15, 0.2) is 0 Å². The fourth-order valence-electron chi connectivity index (χ4n) is 0.891. The molecule has 13 heavy (non-hydrogen) atoms. The van der Waals surface area contributed by atoms with Crippen LogP contribution in [0.2, 0.25) is 0 Å². The number of hydrogen-bond donors (Lipinski definition) is 0. The quantitative estimate of drug-likeness (QED) is 0.736. The Morgan fingerprint density at radius 1 is 1.31 bits per heavy atom. The highest BCUT2D eigenvalue weighted by molar-refractivity contribution is 9.15. The van der Waals surface area contributed by atoms with Crippen LogP contribution in [0.3, 0.4) is 0 Å². The zero-order chi connectivity index (χ0) is 9.84. The van der Waals surface area contributed by atoms with E-state index in [1.807, 2.05) is 30.3 Å². The molecular weight excluding hydrogens is 232 g/mol. The highest BCUT2D eigenvalue weighted by Gasteiger charge is 2.01. The molecule has 1 rings (SSSR count). The summed E-state index contributed by atoms with van der Waals surface area (Å²) in [4.78, 5) is 10.5. The van der Waals surface area contributed by atoms with Crippen molar-refractivity contribution in [3.05, 3.63) is 41.5 Å². The van der Waals surface area contributed by atoms with E-state index in [0.717, 1.165) is 5.56 Å². The Morgan fingerprint density at radius 2 is 1.85 bits per heavy atom. The Labute approximate surface area is 85.0 Å². The lowest BCUT2D eigenvalue weighted by Gasteiger charge is -2.06. The maximum atomic E-state index is 10.5. The van der Waals surface area contributed by atoms with Crippen LogP contribution >= 0.6 is 15.9 Å². The van der Waals surface area contributed by atoms with Crippen molar-refractivity contribution in [3.63, 3.8) is 0 Å². The molecule has 0 spiro atoms. The molecule has 0 unspecified atom stereocenters. The van der Waals surface area contributed by atoms with Crippen LogP contribution in [0.4, 0.5) is 0 Å². The summed E-state index contributed by atoms with van der Waals surface area (Å²) in [5.41, 5.74) is 1.04. The molecule has 1 aromatic carbocycles.